The van der Waals surface area contributed by atoms with E-state index < -0.39 is 17.8 Å². The molecule has 1 aliphatic rings. The average molecular weight is 387 g/mol. The second kappa shape index (κ2) is 8.77. The largest absolute Gasteiger partial charge is 0.461 e. The van der Waals surface area contributed by atoms with Crippen LogP contribution in [0.1, 0.15) is 55.6 Å². The van der Waals surface area contributed by atoms with Gasteiger partial charge in [-0.05, 0) is 19.8 Å². The van der Waals surface area contributed by atoms with E-state index in [-0.39, 0.29) is 18.3 Å². The van der Waals surface area contributed by atoms with Crippen LogP contribution in [0.4, 0.5) is 4.79 Å². The van der Waals surface area contributed by atoms with Crippen molar-refractivity contribution in [2.75, 3.05) is 19.1 Å². The number of methoxy groups -OCH3 is 1. The number of aromatic nitrogens is 2. The summed E-state index contributed by atoms with van der Waals surface area (Å²) in [5, 5.41) is 0. The van der Waals surface area contributed by atoms with Gasteiger partial charge in [-0.2, -0.15) is 4.68 Å². The Kier molecular flexibility index (Phi) is 6.18. The molecule has 0 unspecified atom stereocenters. The van der Waals surface area contributed by atoms with Gasteiger partial charge < -0.3 is 9.47 Å². The van der Waals surface area contributed by atoms with Crippen LogP contribution in [-0.2, 0) is 9.47 Å². The van der Waals surface area contributed by atoms with Gasteiger partial charge in [0.25, 0.3) is 0 Å². The molecule has 150 valence electrons. The Labute approximate surface area is 163 Å². The lowest BCUT2D eigenvalue weighted by Crippen LogP contribution is -2.37. The van der Waals surface area contributed by atoms with Crippen molar-refractivity contribution < 1.29 is 19.1 Å². The van der Waals surface area contributed by atoms with Crippen molar-refractivity contribution in [3.8, 4) is 11.3 Å². The van der Waals surface area contributed by atoms with Crippen molar-refractivity contribution in [1.82, 2.24) is 9.24 Å². The molecule has 8 nitrogen and oxygen atoms in total. The van der Waals surface area contributed by atoms with Crippen molar-refractivity contribution in [3.63, 3.8) is 0 Å². The highest BCUT2D eigenvalue weighted by Crippen LogP contribution is 2.33. The highest BCUT2D eigenvalue weighted by Gasteiger charge is 2.32. The van der Waals surface area contributed by atoms with Crippen LogP contribution >= 0.6 is 0 Å². The smallest absolute Gasteiger partial charge is 0.426 e. The van der Waals surface area contributed by atoms with Crippen molar-refractivity contribution in [2.24, 2.45) is 0 Å². The summed E-state index contributed by atoms with van der Waals surface area (Å²) in [5.74, 6) is -0.676. The second-order valence-corrected chi connectivity index (χ2v) is 6.67. The van der Waals surface area contributed by atoms with E-state index in [2.05, 4.69) is 10.2 Å². The van der Waals surface area contributed by atoms with Gasteiger partial charge in [0.05, 0.1) is 19.4 Å². The average Bonchev–Trinajstić information content (AvgIpc) is 3.01. The molecule has 0 spiro atoms. The van der Waals surface area contributed by atoms with Crippen LogP contribution in [-0.4, -0.2) is 35.0 Å². The molecule has 1 heterocycles. The van der Waals surface area contributed by atoms with Crippen molar-refractivity contribution in [2.45, 2.75) is 45.1 Å². The van der Waals surface area contributed by atoms with Crippen LogP contribution in [0.15, 0.2) is 35.1 Å². The summed E-state index contributed by atoms with van der Waals surface area (Å²) in [6.07, 6.45) is 3.98. The van der Waals surface area contributed by atoms with E-state index in [1.54, 1.807) is 11.5 Å². The van der Waals surface area contributed by atoms with Crippen molar-refractivity contribution in [1.29, 1.82) is 0 Å². The molecule has 0 saturated heterocycles. The standard InChI is InChI=1S/C20H25N3O5/c1-3-28-18(24)17-16(14-10-6-4-7-11-14)22(15-12-8-5-9-13-15)20(26)23(17)21-19(25)27-2/h4,6-7,10-11,15H,3,5,8-9,12-13H2,1-2H3,(H,21,25). The lowest BCUT2D eigenvalue weighted by atomic mass is 9.94. The molecule has 0 radical (unpaired) electrons. The van der Waals surface area contributed by atoms with E-state index in [4.69, 9.17) is 4.74 Å². The number of nitrogens with zero attached hydrogens (tertiary/aromatic N) is 2. The minimum Gasteiger partial charge on any atom is -0.461 e. The minimum atomic E-state index is -0.840. The maximum atomic E-state index is 13.3. The summed E-state index contributed by atoms with van der Waals surface area (Å²) >= 11 is 0. The first-order chi connectivity index (χ1) is 13.6. The maximum absolute atomic E-state index is 13.3. The summed E-state index contributed by atoms with van der Waals surface area (Å²) in [6.45, 7) is 1.84. The quantitative estimate of drug-likeness (QED) is 0.795. The lowest BCUT2D eigenvalue weighted by Gasteiger charge is -2.24. The monoisotopic (exact) mass is 387 g/mol. The van der Waals surface area contributed by atoms with Gasteiger partial charge >= 0.3 is 17.8 Å². The van der Waals surface area contributed by atoms with Crippen molar-refractivity contribution >= 4 is 12.1 Å². The summed E-state index contributed by atoms with van der Waals surface area (Å²) < 4.78 is 12.4. The van der Waals surface area contributed by atoms with E-state index >= 15 is 0 Å². The number of amides is 1. The Hall–Kier alpha value is -3.03. The zero-order valence-corrected chi connectivity index (χ0v) is 16.1. The maximum Gasteiger partial charge on any atom is 0.426 e. The van der Waals surface area contributed by atoms with E-state index in [1.807, 2.05) is 30.3 Å². The van der Waals surface area contributed by atoms with Crippen LogP contribution in [0, 0.1) is 0 Å². The number of hydrogen-bond acceptors (Lipinski definition) is 5. The van der Waals surface area contributed by atoms with Crippen LogP contribution < -0.4 is 11.1 Å². The molecule has 1 aromatic heterocycles. The summed E-state index contributed by atoms with van der Waals surface area (Å²) in [4.78, 5) is 37.9. The molecule has 0 aliphatic heterocycles. The molecular weight excluding hydrogens is 362 g/mol. The molecule has 1 amide bonds. The normalized spacial score (nSPS) is 14.5. The number of carbonyl (C=O) groups is 2. The van der Waals surface area contributed by atoms with E-state index in [9.17, 15) is 14.4 Å². The first kappa shape index (κ1) is 19.7. The molecule has 8 heteroatoms. The van der Waals surface area contributed by atoms with Gasteiger partial charge in [0, 0.05) is 11.6 Å². The number of hydrogen-bond donors (Lipinski definition) is 1. The fourth-order valence-corrected chi connectivity index (χ4v) is 3.70. The first-order valence-corrected chi connectivity index (χ1v) is 9.53. The Morgan fingerprint density at radius 1 is 1.14 bits per heavy atom. The highest BCUT2D eigenvalue weighted by atomic mass is 16.5. The van der Waals surface area contributed by atoms with Gasteiger partial charge in [0.1, 0.15) is 0 Å². The van der Waals surface area contributed by atoms with Crippen LogP contribution in [0.5, 0.6) is 0 Å². The van der Waals surface area contributed by atoms with Gasteiger partial charge in [-0.1, -0.05) is 49.6 Å². The Bertz CT molecular complexity index is 895. The Morgan fingerprint density at radius 3 is 2.43 bits per heavy atom. The Balaban J connectivity index is 2.27. The van der Waals surface area contributed by atoms with Gasteiger partial charge in [0.2, 0.25) is 0 Å². The third-order valence-corrected chi connectivity index (χ3v) is 4.93. The third-order valence-electron chi connectivity index (χ3n) is 4.93. The molecule has 3 rings (SSSR count). The summed E-state index contributed by atoms with van der Waals surface area (Å²) in [5.41, 5.74) is 3.02. The molecule has 1 fully saturated rings. The number of esters is 1. The van der Waals surface area contributed by atoms with Crippen LogP contribution in [0.25, 0.3) is 11.3 Å². The first-order valence-electron chi connectivity index (χ1n) is 9.53. The number of rotatable bonds is 5. The zero-order valence-electron chi connectivity index (χ0n) is 16.1. The summed E-state index contributed by atoms with van der Waals surface area (Å²) in [6, 6.07) is 9.15. The Morgan fingerprint density at radius 2 is 1.82 bits per heavy atom. The van der Waals surface area contributed by atoms with E-state index in [1.165, 1.54) is 7.11 Å². The van der Waals surface area contributed by atoms with Crippen molar-refractivity contribution in [3.05, 3.63) is 46.5 Å². The predicted octanol–water partition coefficient (Wildman–Crippen LogP) is 3.31. The summed E-state index contributed by atoms with van der Waals surface area (Å²) in [7, 11) is 1.20. The highest BCUT2D eigenvalue weighted by molar-refractivity contribution is 5.95. The molecule has 1 aliphatic carbocycles. The third kappa shape index (κ3) is 3.81. The molecule has 28 heavy (non-hydrogen) atoms. The topological polar surface area (TPSA) is 91.6 Å². The number of benzene rings is 1. The van der Waals surface area contributed by atoms with Crippen LogP contribution in [0.2, 0.25) is 0 Å². The fraction of sp³-hybridized carbons (Fsp3) is 0.450. The van der Waals surface area contributed by atoms with Gasteiger partial charge in [-0.3, -0.25) is 4.57 Å². The van der Waals surface area contributed by atoms with Gasteiger partial charge in [-0.15, -0.1) is 0 Å². The van der Waals surface area contributed by atoms with Gasteiger partial charge in [0.15, 0.2) is 5.69 Å². The fourth-order valence-electron chi connectivity index (χ4n) is 3.70. The number of nitrogens with one attached hydrogen (secondary N) is 1. The number of imidazole rings is 1. The minimum absolute atomic E-state index is 0.00553. The second-order valence-electron chi connectivity index (χ2n) is 6.67. The number of carbonyl (C=O) groups excluding carboxylic acids is 2. The van der Waals surface area contributed by atoms with Crippen LogP contribution in [0.3, 0.4) is 0 Å². The molecule has 0 atom stereocenters. The van der Waals surface area contributed by atoms with Gasteiger partial charge in [-0.25, -0.2) is 19.8 Å². The van der Waals surface area contributed by atoms with E-state index in [0.29, 0.717) is 11.3 Å². The molecule has 1 aromatic carbocycles. The number of ether oxygens (including phenoxy) is 2. The predicted molar refractivity (Wildman–Crippen MR) is 104 cm³/mol. The van der Waals surface area contributed by atoms with E-state index in [0.717, 1.165) is 36.8 Å². The molecule has 1 N–H and O–H groups in total. The molecule has 2 aromatic rings. The zero-order chi connectivity index (χ0) is 20.1. The lowest BCUT2D eigenvalue weighted by molar-refractivity contribution is 0.0516. The molecule has 0 bridgehead atoms. The molecular formula is C20H25N3O5. The SMILES string of the molecule is CCOC(=O)c1c(-c2ccccc2)n(C2CCCCC2)c(=O)n1NC(=O)OC. The molecule has 1 saturated carbocycles.